The third-order valence-electron chi connectivity index (χ3n) is 2.82. The summed E-state index contributed by atoms with van der Waals surface area (Å²) in [6.45, 7) is 4.35. The van der Waals surface area contributed by atoms with Crippen LogP contribution in [-0.4, -0.2) is 22.4 Å². The van der Waals surface area contributed by atoms with Gasteiger partial charge in [0.1, 0.15) is 11.6 Å². The van der Waals surface area contributed by atoms with E-state index < -0.39 is 0 Å². The lowest BCUT2D eigenvalue weighted by molar-refractivity contribution is 0.415. The number of imidazole rings is 1. The predicted molar refractivity (Wildman–Crippen MR) is 74.2 cm³/mol. The average molecular weight is 250 g/mol. The third-order valence-corrected chi connectivity index (χ3v) is 3.05. The van der Waals surface area contributed by atoms with Crippen molar-refractivity contribution in [2.24, 2.45) is 0 Å². The Hall–Kier alpha value is -1.16. The Bertz CT molecular complexity index is 519. The van der Waals surface area contributed by atoms with Crippen molar-refractivity contribution in [3.05, 3.63) is 24.0 Å². The summed E-state index contributed by atoms with van der Waals surface area (Å²) in [5, 5.41) is 0. The van der Waals surface area contributed by atoms with Crippen LogP contribution < -0.4 is 4.74 Å². The molecule has 4 heteroatoms. The number of methoxy groups -OCH3 is 1. The summed E-state index contributed by atoms with van der Waals surface area (Å²) < 4.78 is 7.50. The van der Waals surface area contributed by atoms with E-state index in [-0.39, 0.29) is 0 Å². The van der Waals surface area contributed by atoms with Crippen molar-refractivity contribution >= 4 is 23.7 Å². The molecule has 0 saturated heterocycles. The number of thiol groups is 1. The predicted octanol–water partition coefficient (Wildman–Crippen LogP) is 3.10. The van der Waals surface area contributed by atoms with E-state index in [1.807, 2.05) is 12.1 Å². The summed E-state index contributed by atoms with van der Waals surface area (Å²) in [4.78, 5) is 4.67. The molecule has 0 fully saturated rings. The first-order valence-corrected chi connectivity index (χ1v) is 6.46. The summed E-state index contributed by atoms with van der Waals surface area (Å²) in [5.74, 6) is 2.76. The Morgan fingerprint density at radius 3 is 2.76 bits per heavy atom. The standard InChI is InChI=1S/C13H18N2OS/c1-9(2)15-12-5-4-10(16-3)8-11(12)14-13(15)6-7-17/h4-5,8-9,17H,6-7H2,1-3H3. The number of hydrogen-bond acceptors (Lipinski definition) is 3. The summed E-state index contributed by atoms with van der Waals surface area (Å²) in [6.07, 6.45) is 0.887. The number of ether oxygens (including phenoxy) is 1. The SMILES string of the molecule is COc1ccc2c(c1)nc(CCS)n2C(C)C. The molecule has 2 aromatic rings. The van der Waals surface area contributed by atoms with Crippen molar-refractivity contribution in [2.45, 2.75) is 26.3 Å². The second-order valence-corrected chi connectivity index (χ2v) is 4.77. The molecular formula is C13H18N2OS. The normalized spacial score (nSPS) is 11.4. The molecule has 0 aliphatic heterocycles. The molecule has 0 radical (unpaired) electrons. The van der Waals surface area contributed by atoms with Crippen molar-refractivity contribution in [3.8, 4) is 5.75 Å². The number of rotatable bonds is 4. The fourth-order valence-corrected chi connectivity index (χ4v) is 2.31. The first-order valence-electron chi connectivity index (χ1n) is 5.83. The van der Waals surface area contributed by atoms with Gasteiger partial charge in [-0.1, -0.05) is 0 Å². The van der Waals surface area contributed by atoms with Gasteiger partial charge in [-0.2, -0.15) is 12.6 Å². The lowest BCUT2D eigenvalue weighted by Gasteiger charge is -2.12. The second kappa shape index (κ2) is 5.00. The first-order chi connectivity index (χ1) is 8.17. The van der Waals surface area contributed by atoms with Crippen LogP contribution in [0.25, 0.3) is 11.0 Å². The van der Waals surface area contributed by atoms with Crippen LogP contribution in [0.5, 0.6) is 5.75 Å². The maximum absolute atomic E-state index is 5.23. The highest BCUT2D eigenvalue weighted by Crippen LogP contribution is 2.25. The van der Waals surface area contributed by atoms with E-state index in [0.717, 1.165) is 34.8 Å². The van der Waals surface area contributed by atoms with Crippen molar-refractivity contribution in [1.82, 2.24) is 9.55 Å². The molecule has 0 spiro atoms. The monoisotopic (exact) mass is 250 g/mol. The van der Waals surface area contributed by atoms with Crippen LogP contribution in [0.3, 0.4) is 0 Å². The molecule has 1 heterocycles. The van der Waals surface area contributed by atoms with Gasteiger partial charge in [0.25, 0.3) is 0 Å². The van der Waals surface area contributed by atoms with E-state index in [2.05, 4.69) is 42.1 Å². The molecule has 0 bridgehead atoms. The molecule has 17 heavy (non-hydrogen) atoms. The van der Waals surface area contributed by atoms with Crippen LogP contribution in [-0.2, 0) is 6.42 Å². The van der Waals surface area contributed by atoms with Gasteiger partial charge in [0.05, 0.1) is 18.1 Å². The van der Waals surface area contributed by atoms with Crippen LogP contribution in [0.15, 0.2) is 18.2 Å². The molecule has 92 valence electrons. The molecule has 3 nitrogen and oxygen atoms in total. The molecule has 0 saturated carbocycles. The van der Waals surface area contributed by atoms with Gasteiger partial charge >= 0.3 is 0 Å². The van der Waals surface area contributed by atoms with Gasteiger partial charge in [-0.25, -0.2) is 4.98 Å². The van der Waals surface area contributed by atoms with Crippen LogP contribution in [0.4, 0.5) is 0 Å². The average Bonchev–Trinajstić information content (AvgIpc) is 2.66. The van der Waals surface area contributed by atoms with Crippen molar-refractivity contribution in [2.75, 3.05) is 12.9 Å². The molecule has 0 unspecified atom stereocenters. The minimum atomic E-state index is 0.406. The number of hydrogen-bond donors (Lipinski definition) is 1. The van der Waals surface area contributed by atoms with E-state index in [1.54, 1.807) is 7.11 Å². The van der Waals surface area contributed by atoms with E-state index in [0.29, 0.717) is 6.04 Å². The highest BCUT2D eigenvalue weighted by Gasteiger charge is 2.12. The van der Waals surface area contributed by atoms with E-state index >= 15 is 0 Å². The fourth-order valence-electron chi connectivity index (χ4n) is 2.11. The van der Waals surface area contributed by atoms with E-state index in [1.165, 1.54) is 0 Å². The molecule has 2 rings (SSSR count). The summed E-state index contributed by atoms with van der Waals surface area (Å²) in [7, 11) is 1.68. The number of nitrogens with zero attached hydrogens (tertiary/aromatic N) is 2. The number of aromatic nitrogens is 2. The Labute approximate surface area is 107 Å². The van der Waals surface area contributed by atoms with Crippen LogP contribution in [0.2, 0.25) is 0 Å². The number of benzene rings is 1. The molecular weight excluding hydrogens is 232 g/mol. The largest absolute Gasteiger partial charge is 0.497 e. The van der Waals surface area contributed by atoms with Crippen LogP contribution >= 0.6 is 12.6 Å². The topological polar surface area (TPSA) is 27.1 Å². The maximum Gasteiger partial charge on any atom is 0.121 e. The van der Waals surface area contributed by atoms with Crippen molar-refractivity contribution < 1.29 is 4.74 Å². The number of fused-ring (bicyclic) bond motifs is 1. The molecule has 0 atom stereocenters. The zero-order valence-corrected chi connectivity index (χ0v) is 11.4. The highest BCUT2D eigenvalue weighted by atomic mass is 32.1. The fraction of sp³-hybridized carbons (Fsp3) is 0.462. The smallest absolute Gasteiger partial charge is 0.121 e. The molecule has 1 aromatic heterocycles. The minimum absolute atomic E-state index is 0.406. The Morgan fingerprint density at radius 1 is 1.41 bits per heavy atom. The van der Waals surface area contributed by atoms with Gasteiger partial charge in [-0.05, 0) is 31.7 Å². The lowest BCUT2D eigenvalue weighted by atomic mass is 10.2. The second-order valence-electron chi connectivity index (χ2n) is 4.32. The van der Waals surface area contributed by atoms with Gasteiger partial charge in [-0.3, -0.25) is 0 Å². The van der Waals surface area contributed by atoms with E-state index in [9.17, 15) is 0 Å². The van der Waals surface area contributed by atoms with Gasteiger partial charge < -0.3 is 9.30 Å². The molecule has 0 N–H and O–H groups in total. The van der Waals surface area contributed by atoms with Gasteiger partial charge in [0.15, 0.2) is 0 Å². The summed E-state index contributed by atoms with van der Waals surface area (Å²) >= 11 is 4.29. The minimum Gasteiger partial charge on any atom is -0.497 e. The number of aryl methyl sites for hydroxylation is 1. The van der Waals surface area contributed by atoms with Gasteiger partial charge in [-0.15, -0.1) is 0 Å². The highest BCUT2D eigenvalue weighted by molar-refractivity contribution is 7.80. The van der Waals surface area contributed by atoms with Crippen LogP contribution in [0, 0.1) is 0 Å². The summed E-state index contributed by atoms with van der Waals surface area (Å²) in [6, 6.07) is 6.44. The Balaban J connectivity index is 2.61. The van der Waals surface area contributed by atoms with Crippen LogP contribution in [0.1, 0.15) is 25.7 Å². The summed E-state index contributed by atoms with van der Waals surface area (Å²) in [5.41, 5.74) is 2.16. The van der Waals surface area contributed by atoms with E-state index in [4.69, 9.17) is 4.74 Å². The Morgan fingerprint density at radius 2 is 2.18 bits per heavy atom. The zero-order chi connectivity index (χ0) is 12.4. The van der Waals surface area contributed by atoms with Gasteiger partial charge in [0, 0.05) is 18.5 Å². The third kappa shape index (κ3) is 2.27. The lowest BCUT2D eigenvalue weighted by Crippen LogP contribution is -2.06. The zero-order valence-electron chi connectivity index (χ0n) is 10.5. The van der Waals surface area contributed by atoms with Crippen molar-refractivity contribution in [3.63, 3.8) is 0 Å². The quantitative estimate of drug-likeness (QED) is 0.844. The first kappa shape index (κ1) is 12.3. The molecule has 0 aliphatic rings. The Kier molecular flexibility index (Phi) is 3.62. The molecule has 0 amide bonds. The maximum atomic E-state index is 5.23. The molecule has 1 aromatic carbocycles. The van der Waals surface area contributed by atoms with Crippen molar-refractivity contribution in [1.29, 1.82) is 0 Å². The molecule has 0 aliphatic carbocycles. The van der Waals surface area contributed by atoms with Gasteiger partial charge in [0.2, 0.25) is 0 Å².